The number of carbonyl (C=O) groups is 1. The van der Waals surface area contributed by atoms with Gasteiger partial charge < -0.3 is 10.4 Å². The molecule has 0 heterocycles. The maximum atomic E-state index is 12.0. The predicted octanol–water partition coefficient (Wildman–Crippen LogP) is 2.80. The second-order valence-electron chi connectivity index (χ2n) is 4.13. The lowest BCUT2D eigenvalue weighted by atomic mass is 10.1. The van der Waals surface area contributed by atoms with Crippen LogP contribution >= 0.6 is 11.6 Å². The van der Waals surface area contributed by atoms with Crippen molar-refractivity contribution in [3.05, 3.63) is 70.7 Å². The number of aliphatic hydroxyl groups is 1. The number of carbonyl (C=O) groups excluding carboxylic acids is 1. The first-order valence-electron chi connectivity index (χ1n) is 5.93. The van der Waals surface area contributed by atoms with E-state index >= 15 is 0 Å². The van der Waals surface area contributed by atoms with Crippen LogP contribution in [0.3, 0.4) is 0 Å². The molecule has 0 aromatic heterocycles. The zero-order valence-corrected chi connectivity index (χ0v) is 11.0. The Hall–Kier alpha value is -1.84. The quantitative estimate of drug-likeness (QED) is 0.901. The van der Waals surface area contributed by atoms with Gasteiger partial charge in [0.25, 0.3) is 5.91 Å². The summed E-state index contributed by atoms with van der Waals surface area (Å²) in [4.78, 5) is 12.0. The highest BCUT2D eigenvalue weighted by atomic mass is 35.5. The minimum atomic E-state index is -0.440. The Morgan fingerprint density at radius 2 is 1.74 bits per heavy atom. The van der Waals surface area contributed by atoms with E-state index in [-0.39, 0.29) is 12.5 Å². The van der Waals surface area contributed by atoms with Gasteiger partial charge in [0.1, 0.15) is 0 Å². The fraction of sp³-hybridized carbons (Fsp3) is 0.133. The van der Waals surface area contributed by atoms with Crippen LogP contribution in [-0.2, 0) is 0 Å². The standard InChI is InChI=1S/C15H14ClNO2/c16-13-8-6-11(7-9-13)14(10-18)17-15(19)12-4-2-1-3-5-12/h1-9,14,18H,10H2,(H,17,19). The monoisotopic (exact) mass is 275 g/mol. The molecule has 2 aromatic rings. The van der Waals surface area contributed by atoms with Crippen LogP contribution in [0.4, 0.5) is 0 Å². The van der Waals surface area contributed by atoms with E-state index in [4.69, 9.17) is 11.6 Å². The molecule has 0 saturated heterocycles. The SMILES string of the molecule is O=C(NC(CO)c1ccc(Cl)cc1)c1ccccc1. The first-order chi connectivity index (χ1) is 9.20. The Labute approximate surface area is 116 Å². The van der Waals surface area contributed by atoms with E-state index in [1.54, 1.807) is 48.5 Å². The maximum Gasteiger partial charge on any atom is 0.251 e. The third kappa shape index (κ3) is 3.56. The van der Waals surface area contributed by atoms with Gasteiger partial charge in [-0.25, -0.2) is 0 Å². The summed E-state index contributed by atoms with van der Waals surface area (Å²) in [6.45, 7) is -0.166. The fourth-order valence-electron chi connectivity index (χ4n) is 1.76. The molecule has 3 nitrogen and oxygen atoms in total. The second-order valence-corrected chi connectivity index (χ2v) is 4.56. The van der Waals surface area contributed by atoms with Crippen LogP contribution < -0.4 is 5.32 Å². The molecule has 4 heteroatoms. The third-order valence-electron chi connectivity index (χ3n) is 2.80. The number of hydrogen-bond acceptors (Lipinski definition) is 2. The van der Waals surface area contributed by atoms with Crippen molar-refractivity contribution in [1.29, 1.82) is 0 Å². The Morgan fingerprint density at radius 3 is 2.32 bits per heavy atom. The van der Waals surface area contributed by atoms with Gasteiger partial charge in [0.05, 0.1) is 12.6 Å². The Kier molecular flexibility index (Phi) is 4.55. The van der Waals surface area contributed by atoms with Crippen LogP contribution in [0.1, 0.15) is 22.0 Å². The molecule has 0 spiro atoms. The van der Waals surface area contributed by atoms with Crippen LogP contribution in [-0.4, -0.2) is 17.6 Å². The highest BCUT2D eigenvalue weighted by molar-refractivity contribution is 6.30. The molecule has 0 bridgehead atoms. The molecule has 1 atom stereocenters. The molecule has 2 N–H and O–H groups in total. The highest BCUT2D eigenvalue weighted by Gasteiger charge is 2.14. The molecule has 0 radical (unpaired) electrons. The van der Waals surface area contributed by atoms with Crippen molar-refractivity contribution in [2.75, 3.05) is 6.61 Å². The summed E-state index contributed by atoms with van der Waals surface area (Å²) in [7, 11) is 0. The van der Waals surface area contributed by atoms with Crippen molar-refractivity contribution in [3.63, 3.8) is 0 Å². The molecule has 19 heavy (non-hydrogen) atoms. The maximum absolute atomic E-state index is 12.0. The van der Waals surface area contributed by atoms with Crippen LogP contribution in [0.15, 0.2) is 54.6 Å². The first kappa shape index (κ1) is 13.6. The molecule has 98 valence electrons. The van der Waals surface area contributed by atoms with E-state index in [1.165, 1.54) is 0 Å². The first-order valence-corrected chi connectivity index (χ1v) is 6.30. The Morgan fingerprint density at radius 1 is 1.11 bits per heavy atom. The number of rotatable bonds is 4. The van der Waals surface area contributed by atoms with E-state index in [2.05, 4.69) is 5.32 Å². The van der Waals surface area contributed by atoms with Crippen molar-refractivity contribution in [2.45, 2.75) is 6.04 Å². The van der Waals surface area contributed by atoms with Crippen molar-refractivity contribution < 1.29 is 9.90 Å². The zero-order valence-electron chi connectivity index (χ0n) is 10.2. The van der Waals surface area contributed by atoms with Gasteiger partial charge in [-0.2, -0.15) is 0 Å². The van der Waals surface area contributed by atoms with Gasteiger partial charge in [-0.1, -0.05) is 41.9 Å². The van der Waals surface area contributed by atoms with Gasteiger partial charge >= 0.3 is 0 Å². The van der Waals surface area contributed by atoms with Crippen LogP contribution in [0.2, 0.25) is 5.02 Å². The van der Waals surface area contributed by atoms with Gasteiger partial charge in [0.2, 0.25) is 0 Å². The minimum absolute atomic E-state index is 0.166. The second kappa shape index (κ2) is 6.36. The molecule has 1 amide bonds. The normalized spacial score (nSPS) is 11.9. The Balaban J connectivity index is 2.11. The number of amides is 1. The molecule has 0 aliphatic heterocycles. The van der Waals surface area contributed by atoms with Crippen molar-refractivity contribution in [3.8, 4) is 0 Å². The summed E-state index contributed by atoms with van der Waals surface area (Å²) in [5.74, 6) is -0.213. The summed E-state index contributed by atoms with van der Waals surface area (Å²) >= 11 is 5.81. The van der Waals surface area contributed by atoms with Gasteiger partial charge in [0, 0.05) is 10.6 Å². The largest absolute Gasteiger partial charge is 0.394 e. The van der Waals surface area contributed by atoms with Gasteiger partial charge in [-0.05, 0) is 29.8 Å². The van der Waals surface area contributed by atoms with Crippen molar-refractivity contribution in [1.82, 2.24) is 5.32 Å². The number of hydrogen-bond donors (Lipinski definition) is 2. The van der Waals surface area contributed by atoms with Crippen LogP contribution in [0.5, 0.6) is 0 Å². The Bertz CT molecular complexity index is 540. The molecule has 0 fully saturated rings. The minimum Gasteiger partial charge on any atom is -0.394 e. The molecule has 2 aromatic carbocycles. The van der Waals surface area contributed by atoms with Crippen LogP contribution in [0.25, 0.3) is 0 Å². The number of benzene rings is 2. The number of nitrogens with one attached hydrogen (secondary N) is 1. The molecule has 2 rings (SSSR count). The number of aliphatic hydroxyl groups excluding tert-OH is 1. The molecule has 1 unspecified atom stereocenters. The van der Waals surface area contributed by atoms with E-state index in [9.17, 15) is 9.90 Å². The third-order valence-corrected chi connectivity index (χ3v) is 3.05. The number of halogens is 1. The zero-order chi connectivity index (χ0) is 13.7. The van der Waals surface area contributed by atoms with E-state index < -0.39 is 6.04 Å². The molecule has 0 saturated carbocycles. The summed E-state index contributed by atoms with van der Waals surface area (Å²) in [5.41, 5.74) is 1.38. The summed E-state index contributed by atoms with van der Waals surface area (Å²) < 4.78 is 0. The topological polar surface area (TPSA) is 49.3 Å². The fourth-order valence-corrected chi connectivity index (χ4v) is 1.89. The van der Waals surface area contributed by atoms with Crippen molar-refractivity contribution >= 4 is 17.5 Å². The van der Waals surface area contributed by atoms with Crippen molar-refractivity contribution in [2.24, 2.45) is 0 Å². The average Bonchev–Trinajstić information content (AvgIpc) is 2.46. The van der Waals surface area contributed by atoms with Gasteiger partial charge in [-0.3, -0.25) is 4.79 Å². The lowest BCUT2D eigenvalue weighted by Gasteiger charge is -2.16. The molecule has 0 aliphatic rings. The lowest BCUT2D eigenvalue weighted by Crippen LogP contribution is -2.30. The van der Waals surface area contributed by atoms with E-state index in [1.807, 2.05) is 6.07 Å². The lowest BCUT2D eigenvalue weighted by molar-refractivity contribution is 0.0916. The summed E-state index contributed by atoms with van der Waals surface area (Å²) in [6, 6.07) is 15.5. The van der Waals surface area contributed by atoms with Gasteiger partial charge in [-0.15, -0.1) is 0 Å². The molecular formula is C15H14ClNO2. The highest BCUT2D eigenvalue weighted by Crippen LogP contribution is 2.16. The van der Waals surface area contributed by atoms with Crippen LogP contribution in [0, 0.1) is 0 Å². The summed E-state index contributed by atoms with van der Waals surface area (Å²) in [5, 5.41) is 12.8. The van der Waals surface area contributed by atoms with E-state index in [0.29, 0.717) is 10.6 Å². The average molecular weight is 276 g/mol. The summed E-state index contributed by atoms with van der Waals surface area (Å²) in [6.07, 6.45) is 0. The molecular weight excluding hydrogens is 262 g/mol. The van der Waals surface area contributed by atoms with Gasteiger partial charge in [0.15, 0.2) is 0 Å². The smallest absolute Gasteiger partial charge is 0.251 e. The molecule has 0 aliphatic carbocycles. The van der Waals surface area contributed by atoms with E-state index in [0.717, 1.165) is 5.56 Å². The predicted molar refractivity (Wildman–Crippen MR) is 75.2 cm³/mol.